The van der Waals surface area contributed by atoms with Crippen molar-refractivity contribution in [2.75, 3.05) is 57.3 Å². The van der Waals surface area contributed by atoms with Crippen LogP contribution in [0.15, 0.2) is 101 Å². The molecule has 2 heterocycles. The van der Waals surface area contributed by atoms with Gasteiger partial charge in [-0.1, -0.05) is 35.5 Å². The highest BCUT2D eigenvalue weighted by atomic mass is 35.5. The lowest BCUT2D eigenvalue weighted by Crippen LogP contribution is -2.48. The Morgan fingerprint density at radius 1 is 0.712 bits per heavy atom. The fourth-order valence-corrected chi connectivity index (χ4v) is 6.70. The summed E-state index contributed by atoms with van der Waals surface area (Å²) in [6, 6.07) is 18.7. The second kappa shape index (κ2) is 22.6. The van der Waals surface area contributed by atoms with E-state index in [0.717, 1.165) is 60.7 Å². The zero-order valence-corrected chi connectivity index (χ0v) is 33.5. The van der Waals surface area contributed by atoms with E-state index in [1.165, 1.54) is 17.8 Å². The van der Waals surface area contributed by atoms with Gasteiger partial charge in [-0.25, -0.2) is 24.0 Å². The summed E-state index contributed by atoms with van der Waals surface area (Å²) in [6.07, 6.45) is -1.34. The van der Waals surface area contributed by atoms with Crippen LogP contribution in [0.1, 0.15) is 25.8 Å². The number of fused-ring (bicyclic) bond motifs is 2. The summed E-state index contributed by atoms with van der Waals surface area (Å²) in [4.78, 5) is 59.4. The Kier molecular flexibility index (Phi) is 18.3. The quantitative estimate of drug-likeness (QED) is 0.0976. The molecule has 0 aliphatic carbocycles. The Bertz CT molecular complexity index is 1920. The fraction of sp³-hybridized carbons (Fsp3) is 0.325. The topological polar surface area (TPSA) is 194 Å². The third-order valence-electron chi connectivity index (χ3n) is 8.33. The zero-order valence-electron chi connectivity index (χ0n) is 31.9. The Balaban J connectivity index is 0.000000490. The second-order valence-electron chi connectivity index (χ2n) is 13.2. The first-order chi connectivity index (χ1) is 27.7. The molecule has 0 atom stereocenters. The normalized spacial score (nSPS) is 14.2. The lowest BCUT2D eigenvalue weighted by atomic mass is 10.1. The van der Waals surface area contributed by atoms with E-state index in [2.05, 4.69) is 9.80 Å². The first kappa shape index (κ1) is 47.8. The van der Waals surface area contributed by atoms with E-state index in [0.29, 0.717) is 53.9 Å². The van der Waals surface area contributed by atoms with Gasteiger partial charge in [0, 0.05) is 78.4 Å². The van der Waals surface area contributed by atoms with Gasteiger partial charge in [-0.05, 0) is 81.4 Å². The van der Waals surface area contributed by atoms with Crippen LogP contribution >= 0.6 is 23.4 Å². The van der Waals surface area contributed by atoms with Gasteiger partial charge < -0.3 is 39.7 Å². The fourth-order valence-electron chi connectivity index (χ4n) is 5.50. The van der Waals surface area contributed by atoms with Crippen molar-refractivity contribution in [3.05, 3.63) is 102 Å². The lowest BCUT2D eigenvalue weighted by Gasteiger charge is -2.36. The highest BCUT2D eigenvalue weighted by Gasteiger charge is 2.34. The molecule has 0 saturated carbocycles. The standard InChI is InChI=1S/C32H35ClF3N3O3S.2C4H4O4/c1-31(2,42-25-11-9-24(33)10-12-25)30(40)41-21-20-38-18-16-37(17-19-38)14-5-15-39-26-6-3-4-7-28(26)43-29-13-8-23(22-27(29)39)32(34,35)36;2*5-3(6)1-2-4(7)8/h3-4,6-13,22H,5,14-21H2,1-2H3;2*1-2H,(H,5,6)(H,7,8)/b;2*2-1+. The van der Waals surface area contributed by atoms with Crippen LogP contribution in [0.5, 0.6) is 5.75 Å². The molecule has 0 amide bonds. The predicted molar refractivity (Wildman–Crippen MR) is 212 cm³/mol. The highest BCUT2D eigenvalue weighted by Crippen LogP contribution is 2.49. The van der Waals surface area contributed by atoms with E-state index in [1.807, 2.05) is 29.2 Å². The van der Waals surface area contributed by atoms with Crippen LogP contribution in [-0.2, 0) is 34.9 Å². The highest BCUT2D eigenvalue weighted by molar-refractivity contribution is 7.99. The molecule has 5 rings (SSSR count). The van der Waals surface area contributed by atoms with Gasteiger partial charge in [0.05, 0.1) is 16.9 Å². The number of anilines is 2. The number of esters is 1. The number of carbonyl (C=O) groups is 5. The molecule has 19 heteroatoms. The minimum Gasteiger partial charge on any atom is -0.478 e. The molecule has 0 aromatic heterocycles. The SMILES string of the molecule is CC(C)(Oc1ccc(Cl)cc1)C(=O)OCCN1CCN(CCCN2c3ccccc3Sc3ccc(C(F)(F)F)cc32)CC1.O=C(O)/C=C/C(=O)O.O=C(O)/C=C/C(=O)O. The van der Waals surface area contributed by atoms with Crippen molar-refractivity contribution in [1.82, 2.24) is 9.80 Å². The minimum atomic E-state index is -4.39. The Morgan fingerprint density at radius 2 is 1.22 bits per heavy atom. The average molecular weight is 866 g/mol. The van der Waals surface area contributed by atoms with Crippen molar-refractivity contribution in [3.63, 3.8) is 0 Å². The van der Waals surface area contributed by atoms with Gasteiger partial charge in [0.1, 0.15) is 12.4 Å². The summed E-state index contributed by atoms with van der Waals surface area (Å²) in [7, 11) is 0. The summed E-state index contributed by atoms with van der Waals surface area (Å²) in [5, 5.41) is 31.8. The van der Waals surface area contributed by atoms with Crippen molar-refractivity contribution >= 4 is 64.6 Å². The molecule has 0 unspecified atom stereocenters. The molecule has 3 aromatic rings. The number of hydrogen-bond acceptors (Lipinski definition) is 11. The van der Waals surface area contributed by atoms with E-state index < -0.39 is 47.2 Å². The number of aliphatic carboxylic acids is 4. The number of carboxylic acids is 4. The van der Waals surface area contributed by atoms with E-state index in [9.17, 15) is 37.1 Å². The molecule has 2 aliphatic rings. The van der Waals surface area contributed by atoms with Gasteiger partial charge in [0.15, 0.2) is 5.60 Å². The summed E-state index contributed by atoms with van der Waals surface area (Å²) in [5.74, 6) is -4.91. The van der Waals surface area contributed by atoms with Crippen molar-refractivity contribution in [2.45, 2.75) is 41.8 Å². The van der Waals surface area contributed by atoms with Gasteiger partial charge >= 0.3 is 36.0 Å². The number of nitrogens with zero attached hydrogens (tertiary/aromatic N) is 3. The number of carbonyl (C=O) groups excluding carboxylic acids is 1. The average Bonchev–Trinajstić information content (AvgIpc) is 3.17. The van der Waals surface area contributed by atoms with Crippen molar-refractivity contribution in [1.29, 1.82) is 0 Å². The van der Waals surface area contributed by atoms with Crippen LogP contribution in [0.2, 0.25) is 5.02 Å². The molecule has 59 heavy (non-hydrogen) atoms. The molecule has 0 spiro atoms. The van der Waals surface area contributed by atoms with E-state index >= 15 is 0 Å². The maximum atomic E-state index is 13.5. The number of ether oxygens (including phenoxy) is 2. The Hall–Kier alpha value is -5.56. The van der Waals surface area contributed by atoms with Crippen molar-refractivity contribution in [3.8, 4) is 5.75 Å². The molecule has 1 fully saturated rings. The number of alkyl halides is 3. The van der Waals surface area contributed by atoms with E-state index in [4.69, 9.17) is 41.5 Å². The van der Waals surface area contributed by atoms with Gasteiger partial charge in [-0.3, -0.25) is 4.90 Å². The summed E-state index contributed by atoms with van der Waals surface area (Å²) in [6.45, 7) is 9.19. The maximum absolute atomic E-state index is 13.5. The van der Waals surface area contributed by atoms with Crippen LogP contribution in [0, 0.1) is 0 Å². The lowest BCUT2D eigenvalue weighted by molar-refractivity contribution is -0.159. The van der Waals surface area contributed by atoms with Crippen LogP contribution in [0.3, 0.4) is 0 Å². The summed E-state index contributed by atoms with van der Waals surface area (Å²) in [5.41, 5.74) is -0.203. The molecule has 1 saturated heterocycles. The number of halogens is 4. The molecule has 0 bridgehead atoms. The molecule has 318 valence electrons. The number of hydrogen-bond donors (Lipinski definition) is 4. The third kappa shape index (κ3) is 16.7. The molecule has 3 aromatic carbocycles. The third-order valence-corrected chi connectivity index (χ3v) is 9.71. The van der Waals surface area contributed by atoms with Crippen LogP contribution in [0.25, 0.3) is 0 Å². The summed E-state index contributed by atoms with van der Waals surface area (Å²) >= 11 is 7.43. The van der Waals surface area contributed by atoms with Crippen LogP contribution < -0.4 is 9.64 Å². The Labute approximate surface area is 347 Å². The number of para-hydroxylation sites is 1. The number of piperazine rings is 1. The predicted octanol–water partition coefficient (Wildman–Crippen LogP) is 6.79. The largest absolute Gasteiger partial charge is 0.478 e. The zero-order chi connectivity index (χ0) is 43.8. The van der Waals surface area contributed by atoms with Crippen LogP contribution in [0.4, 0.5) is 24.5 Å². The molecule has 0 radical (unpaired) electrons. The van der Waals surface area contributed by atoms with Crippen molar-refractivity contribution in [2.24, 2.45) is 0 Å². The number of benzene rings is 3. The first-order valence-electron chi connectivity index (χ1n) is 17.8. The minimum absolute atomic E-state index is 0.276. The van der Waals surface area contributed by atoms with E-state index in [-0.39, 0.29) is 6.61 Å². The molecule has 4 N–H and O–H groups in total. The molecule has 2 aliphatic heterocycles. The molecule has 14 nitrogen and oxygen atoms in total. The molecular formula is C40H43ClF3N3O11S. The first-order valence-corrected chi connectivity index (χ1v) is 19.0. The summed E-state index contributed by atoms with van der Waals surface area (Å²) < 4.78 is 51.8. The van der Waals surface area contributed by atoms with Gasteiger partial charge in [-0.15, -0.1) is 0 Å². The van der Waals surface area contributed by atoms with Crippen LogP contribution in [-0.4, -0.2) is 118 Å². The van der Waals surface area contributed by atoms with Gasteiger partial charge in [-0.2, -0.15) is 13.2 Å². The maximum Gasteiger partial charge on any atom is 0.416 e. The number of rotatable bonds is 14. The Morgan fingerprint density at radius 3 is 1.75 bits per heavy atom. The van der Waals surface area contributed by atoms with Gasteiger partial charge in [0.2, 0.25) is 0 Å². The monoisotopic (exact) mass is 865 g/mol. The second-order valence-corrected chi connectivity index (χ2v) is 14.7. The van der Waals surface area contributed by atoms with E-state index in [1.54, 1.807) is 44.2 Å². The van der Waals surface area contributed by atoms with Crippen molar-refractivity contribution < 1.29 is 67.0 Å². The molecular weight excluding hydrogens is 823 g/mol. The number of carboxylic acid groups (broad SMARTS) is 4. The smallest absolute Gasteiger partial charge is 0.416 e. The van der Waals surface area contributed by atoms with Gasteiger partial charge in [0.25, 0.3) is 0 Å².